The van der Waals surface area contributed by atoms with Gasteiger partial charge in [-0.05, 0) is 48.0 Å². The van der Waals surface area contributed by atoms with E-state index in [1.807, 2.05) is 6.92 Å². The first-order valence-corrected chi connectivity index (χ1v) is 10.6. The van der Waals surface area contributed by atoms with E-state index < -0.39 is 22.9 Å². The highest BCUT2D eigenvalue weighted by atomic mass is 16.5. The zero-order valence-electron chi connectivity index (χ0n) is 17.4. The van der Waals surface area contributed by atoms with Gasteiger partial charge in [0.05, 0.1) is 18.1 Å². The van der Waals surface area contributed by atoms with Crippen LogP contribution in [0.3, 0.4) is 0 Å². The predicted octanol–water partition coefficient (Wildman–Crippen LogP) is 3.09. The van der Waals surface area contributed by atoms with Gasteiger partial charge in [0.25, 0.3) is 0 Å². The lowest BCUT2D eigenvalue weighted by molar-refractivity contribution is -0.225. The summed E-state index contributed by atoms with van der Waals surface area (Å²) >= 11 is 0. The van der Waals surface area contributed by atoms with Crippen molar-refractivity contribution in [3.05, 3.63) is 12.2 Å². The Kier molecular flexibility index (Phi) is 4.25. The first kappa shape index (κ1) is 19.8. The van der Waals surface area contributed by atoms with Gasteiger partial charge in [-0.3, -0.25) is 14.4 Å². The molecule has 7 atom stereocenters. The highest BCUT2D eigenvalue weighted by Gasteiger charge is 2.76. The zero-order chi connectivity index (χ0) is 20.6. The van der Waals surface area contributed by atoms with Crippen LogP contribution in [-0.2, 0) is 19.1 Å². The second-order valence-corrected chi connectivity index (χ2v) is 10.4. The minimum atomic E-state index is -1.11. The Morgan fingerprint density at radius 1 is 1.29 bits per heavy atom. The van der Waals surface area contributed by atoms with Crippen molar-refractivity contribution in [1.29, 1.82) is 0 Å². The average molecular weight is 389 g/mol. The molecular weight excluding hydrogens is 356 g/mol. The second-order valence-electron chi connectivity index (χ2n) is 10.4. The van der Waals surface area contributed by atoms with E-state index in [0.29, 0.717) is 18.4 Å². The van der Waals surface area contributed by atoms with Crippen LogP contribution in [0.15, 0.2) is 12.2 Å². The Morgan fingerprint density at radius 2 is 1.96 bits per heavy atom. The van der Waals surface area contributed by atoms with Crippen molar-refractivity contribution in [2.45, 2.75) is 65.9 Å². The number of ether oxygens (including phenoxy) is 1. The number of carbonyl (C=O) groups excluding carboxylic acids is 3. The number of carbonyl (C=O) groups is 3. The number of Topliss-reactive ketones (excluding diaryl/α,β-unsaturated/α-hetero) is 2. The molecule has 0 amide bonds. The van der Waals surface area contributed by atoms with Gasteiger partial charge < -0.3 is 9.84 Å². The lowest BCUT2D eigenvalue weighted by atomic mass is 9.38. The van der Waals surface area contributed by atoms with Crippen molar-refractivity contribution in [1.82, 2.24) is 0 Å². The van der Waals surface area contributed by atoms with Crippen molar-refractivity contribution in [3.63, 3.8) is 0 Å². The van der Waals surface area contributed by atoms with Gasteiger partial charge in [0.1, 0.15) is 5.78 Å². The second kappa shape index (κ2) is 6.01. The molecule has 1 N–H and O–H groups in total. The normalized spacial score (nSPS) is 46.8. The van der Waals surface area contributed by atoms with Gasteiger partial charge in [-0.2, -0.15) is 0 Å². The van der Waals surface area contributed by atoms with Crippen LogP contribution in [0.25, 0.3) is 0 Å². The van der Waals surface area contributed by atoms with E-state index in [0.717, 1.165) is 19.3 Å². The Labute approximate surface area is 166 Å². The molecule has 0 saturated heterocycles. The van der Waals surface area contributed by atoms with Crippen LogP contribution in [0.4, 0.5) is 0 Å². The van der Waals surface area contributed by atoms with Crippen molar-refractivity contribution in [2.24, 2.45) is 39.9 Å². The molecule has 2 bridgehead atoms. The fourth-order valence-electron chi connectivity index (χ4n) is 7.84. The minimum absolute atomic E-state index is 0.0214. The van der Waals surface area contributed by atoms with E-state index in [4.69, 9.17) is 4.74 Å². The summed E-state index contributed by atoms with van der Waals surface area (Å²) in [5, 5.41) is 11.4. The largest absolute Gasteiger partial charge is 0.465 e. The van der Waals surface area contributed by atoms with E-state index >= 15 is 0 Å². The molecular formula is C23H32O5. The van der Waals surface area contributed by atoms with Crippen LogP contribution in [0.2, 0.25) is 0 Å². The summed E-state index contributed by atoms with van der Waals surface area (Å²) in [5.41, 5.74) is -1.30. The maximum atomic E-state index is 13.5. The van der Waals surface area contributed by atoms with Crippen molar-refractivity contribution in [2.75, 3.05) is 6.61 Å². The first-order chi connectivity index (χ1) is 13.0. The molecule has 1 spiro atoms. The van der Waals surface area contributed by atoms with E-state index in [-0.39, 0.29) is 47.3 Å². The average Bonchev–Trinajstić information content (AvgIpc) is 2.72. The van der Waals surface area contributed by atoms with Gasteiger partial charge in [-0.15, -0.1) is 0 Å². The summed E-state index contributed by atoms with van der Waals surface area (Å²) in [6.07, 6.45) is 2.58. The fraction of sp³-hybridized carbons (Fsp3) is 0.783. The highest BCUT2D eigenvalue weighted by Crippen LogP contribution is 2.71. The number of esters is 1. The maximum absolute atomic E-state index is 13.5. The van der Waals surface area contributed by atoms with Crippen LogP contribution in [-0.4, -0.2) is 35.4 Å². The van der Waals surface area contributed by atoms with Crippen LogP contribution in [0, 0.1) is 39.9 Å². The van der Waals surface area contributed by atoms with Gasteiger partial charge in [-0.1, -0.05) is 33.8 Å². The van der Waals surface area contributed by atoms with Crippen molar-refractivity contribution >= 4 is 17.5 Å². The Morgan fingerprint density at radius 3 is 2.61 bits per heavy atom. The number of fused-ring (bicyclic) bond motifs is 3. The molecule has 0 aliphatic heterocycles. The molecule has 154 valence electrons. The van der Waals surface area contributed by atoms with Crippen molar-refractivity contribution < 1.29 is 24.2 Å². The third-order valence-corrected chi connectivity index (χ3v) is 8.94. The van der Waals surface area contributed by atoms with Gasteiger partial charge in [0.2, 0.25) is 0 Å². The molecule has 4 aliphatic carbocycles. The van der Waals surface area contributed by atoms with E-state index in [9.17, 15) is 19.5 Å². The number of hydrogen-bond donors (Lipinski definition) is 1. The number of ketones is 2. The Hall–Kier alpha value is -1.49. The van der Waals surface area contributed by atoms with Crippen LogP contribution in [0.5, 0.6) is 0 Å². The third-order valence-electron chi connectivity index (χ3n) is 8.94. The molecule has 0 unspecified atom stereocenters. The lowest BCUT2D eigenvalue weighted by Crippen LogP contribution is -2.69. The summed E-state index contributed by atoms with van der Waals surface area (Å²) in [6.45, 7) is 11.9. The number of hydrogen-bond acceptors (Lipinski definition) is 5. The number of aliphatic hydroxyl groups excluding tert-OH is 1. The standard InChI is InChI=1S/C23H32O5/c1-12-15-9-16(25)19-22(11-28-14(3)24)8-6-7-21(4,5)17(22)10-18(26)23(19,13(15)2)20(12)27/h13,15,17-19,26H,1,6-11H2,2-5H3/t13-,15+,17-,18-,19+,22+,23+/m1/s1. The Balaban J connectivity index is 1.93. The van der Waals surface area contributed by atoms with E-state index in [1.165, 1.54) is 6.92 Å². The van der Waals surface area contributed by atoms with Gasteiger partial charge >= 0.3 is 5.97 Å². The van der Waals surface area contributed by atoms with Crippen LogP contribution in [0.1, 0.15) is 59.8 Å². The third kappa shape index (κ3) is 2.20. The summed E-state index contributed by atoms with van der Waals surface area (Å²) in [6, 6.07) is 0. The topological polar surface area (TPSA) is 80.7 Å². The number of rotatable bonds is 2. The molecule has 4 fully saturated rings. The Bertz CT molecular complexity index is 767. The van der Waals surface area contributed by atoms with Crippen LogP contribution < -0.4 is 0 Å². The van der Waals surface area contributed by atoms with Gasteiger partial charge in [0, 0.05) is 24.7 Å². The monoisotopic (exact) mass is 388 g/mol. The molecule has 28 heavy (non-hydrogen) atoms. The molecule has 5 heteroatoms. The molecule has 5 nitrogen and oxygen atoms in total. The lowest BCUT2D eigenvalue weighted by Gasteiger charge is -2.65. The predicted molar refractivity (Wildman–Crippen MR) is 103 cm³/mol. The molecule has 0 radical (unpaired) electrons. The molecule has 0 aromatic heterocycles. The molecule has 4 aliphatic rings. The zero-order valence-corrected chi connectivity index (χ0v) is 17.4. The molecule has 0 aromatic carbocycles. The summed E-state index contributed by atoms with van der Waals surface area (Å²) in [7, 11) is 0. The first-order valence-electron chi connectivity index (χ1n) is 10.6. The number of aliphatic hydroxyl groups is 1. The SMILES string of the molecule is C=C1C(=O)[C@@]23[C@H](O)C[C@@H]4C(C)(C)CCC[C@@]4(COC(C)=O)[C@@H]2C(=O)C[C@@H]1[C@H]3C. The maximum Gasteiger partial charge on any atom is 0.302 e. The minimum Gasteiger partial charge on any atom is -0.465 e. The summed E-state index contributed by atoms with van der Waals surface area (Å²) in [5.74, 6) is -1.33. The van der Waals surface area contributed by atoms with E-state index in [1.54, 1.807) is 0 Å². The highest BCUT2D eigenvalue weighted by molar-refractivity contribution is 6.09. The van der Waals surface area contributed by atoms with Gasteiger partial charge in [0.15, 0.2) is 5.78 Å². The molecule has 4 rings (SSSR count). The summed E-state index contributed by atoms with van der Waals surface area (Å²) < 4.78 is 5.56. The smallest absolute Gasteiger partial charge is 0.302 e. The molecule has 0 heterocycles. The quantitative estimate of drug-likeness (QED) is 0.581. The van der Waals surface area contributed by atoms with E-state index in [2.05, 4.69) is 20.4 Å². The summed E-state index contributed by atoms with van der Waals surface area (Å²) in [4.78, 5) is 38.8. The van der Waals surface area contributed by atoms with Crippen LogP contribution >= 0.6 is 0 Å². The molecule has 4 saturated carbocycles. The number of allylic oxidation sites excluding steroid dienone is 1. The molecule has 0 aromatic rings. The van der Waals surface area contributed by atoms with Gasteiger partial charge in [-0.25, -0.2) is 0 Å². The van der Waals surface area contributed by atoms with Crippen molar-refractivity contribution in [3.8, 4) is 0 Å². The fourth-order valence-corrected chi connectivity index (χ4v) is 7.84.